The highest BCUT2D eigenvalue weighted by molar-refractivity contribution is 5.91. The van der Waals surface area contributed by atoms with Crippen LogP contribution in [0.3, 0.4) is 0 Å². The third-order valence-electron chi connectivity index (χ3n) is 3.42. The quantitative estimate of drug-likeness (QED) is 0.640. The Morgan fingerprint density at radius 2 is 1.95 bits per heavy atom. The maximum Gasteiger partial charge on any atom is 0.329 e. The maximum atomic E-state index is 12.6. The van der Waals surface area contributed by atoms with E-state index in [1.54, 1.807) is 24.3 Å². The van der Waals surface area contributed by atoms with Crippen LogP contribution in [0.2, 0.25) is 0 Å². The number of fused-ring (bicyclic) bond motifs is 1. The fourth-order valence-corrected chi connectivity index (χ4v) is 2.40. The van der Waals surface area contributed by atoms with Gasteiger partial charge in [-0.3, -0.25) is 4.79 Å². The van der Waals surface area contributed by atoms with Gasteiger partial charge < -0.3 is 9.30 Å². The van der Waals surface area contributed by atoms with Crippen LogP contribution in [0.5, 0.6) is 0 Å². The molecule has 0 saturated heterocycles. The van der Waals surface area contributed by atoms with Crippen LogP contribution in [0.1, 0.15) is 19.9 Å². The van der Waals surface area contributed by atoms with E-state index >= 15 is 0 Å². The molecular weight excluding hydrogens is 272 g/mol. The highest BCUT2D eigenvalue weighted by Gasteiger charge is 2.26. The van der Waals surface area contributed by atoms with Crippen molar-refractivity contribution in [1.29, 1.82) is 0 Å². The molecule has 0 N–H and O–H groups in total. The van der Waals surface area contributed by atoms with Crippen molar-refractivity contribution < 1.29 is 9.53 Å². The van der Waals surface area contributed by atoms with Gasteiger partial charge in [0.05, 0.1) is 7.11 Å². The van der Waals surface area contributed by atoms with Gasteiger partial charge >= 0.3 is 5.97 Å². The van der Waals surface area contributed by atoms with Crippen molar-refractivity contribution in [3.63, 3.8) is 0 Å². The minimum Gasteiger partial charge on any atom is -0.467 e. The summed E-state index contributed by atoms with van der Waals surface area (Å²) in [6, 6.07) is 5.65. The Labute approximate surface area is 121 Å². The van der Waals surface area contributed by atoms with Crippen LogP contribution in [-0.4, -0.2) is 17.6 Å². The fourth-order valence-electron chi connectivity index (χ4n) is 2.40. The molecule has 6 heteroatoms. The molecule has 1 atom stereocenters. The lowest BCUT2D eigenvalue weighted by Gasteiger charge is -2.21. The van der Waals surface area contributed by atoms with E-state index in [1.807, 2.05) is 13.8 Å². The van der Waals surface area contributed by atoms with E-state index in [0.717, 1.165) is 0 Å². The van der Waals surface area contributed by atoms with Crippen molar-refractivity contribution in [3.8, 4) is 0 Å². The molecule has 0 aliphatic heterocycles. The second-order valence-electron chi connectivity index (χ2n) is 5.07. The molecule has 6 nitrogen and oxygen atoms in total. The first kappa shape index (κ1) is 14.9. The van der Waals surface area contributed by atoms with Crippen molar-refractivity contribution in [2.24, 2.45) is 11.1 Å². The highest BCUT2D eigenvalue weighted by atomic mass is 16.5. The van der Waals surface area contributed by atoms with Gasteiger partial charge in [0.15, 0.2) is 0 Å². The summed E-state index contributed by atoms with van der Waals surface area (Å²) in [5.41, 5.74) is -0.141. The molecule has 1 aromatic heterocycles. The van der Waals surface area contributed by atoms with Gasteiger partial charge in [-0.25, -0.2) is 4.79 Å². The molecule has 2 rings (SSSR count). The minimum atomic E-state index is -0.709. The van der Waals surface area contributed by atoms with E-state index in [-0.39, 0.29) is 17.2 Å². The van der Waals surface area contributed by atoms with Gasteiger partial charge in [0.25, 0.3) is 5.56 Å². The van der Waals surface area contributed by atoms with Crippen LogP contribution in [0.4, 0.5) is 5.69 Å². The Morgan fingerprint density at radius 3 is 2.52 bits per heavy atom. The average molecular weight is 288 g/mol. The molecule has 110 valence electrons. The standard InChI is InChI=1S/C15H16N2O4/c1-9(2)13(15(19)21-3)17-8-7-10-11(14(17)18)5-4-6-12(10)16-20/h4-9,13H,1-3H3/t13-/m1/s1. The first-order valence-electron chi connectivity index (χ1n) is 6.56. The average Bonchev–Trinajstić information content (AvgIpc) is 2.48. The van der Waals surface area contributed by atoms with E-state index < -0.39 is 12.0 Å². The van der Waals surface area contributed by atoms with Crippen molar-refractivity contribution in [3.05, 3.63) is 45.7 Å². The predicted octanol–water partition coefficient (Wildman–Crippen LogP) is 2.77. The van der Waals surface area contributed by atoms with Gasteiger partial charge in [0.1, 0.15) is 11.7 Å². The first-order chi connectivity index (χ1) is 10.0. The summed E-state index contributed by atoms with van der Waals surface area (Å²) in [6.45, 7) is 3.67. The van der Waals surface area contributed by atoms with Crippen molar-refractivity contribution >= 4 is 22.4 Å². The lowest BCUT2D eigenvalue weighted by Crippen LogP contribution is -2.33. The Bertz CT molecular complexity index is 749. The number of methoxy groups -OCH3 is 1. The van der Waals surface area contributed by atoms with Gasteiger partial charge in [0.2, 0.25) is 0 Å². The summed E-state index contributed by atoms with van der Waals surface area (Å²) in [5.74, 6) is -0.587. The predicted molar refractivity (Wildman–Crippen MR) is 79.6 cm³/mol. The number of aromatic nitrogens is 1. The summed E-state index contributed by atoms with van der Waals surface area (Å²) >= 11 is 0. The number of esters is 1. The number of carbonyl (C=O) groups is 1. The molecule has 0 spiro atoms. The van der Waals surface area contributed by atoms with E-state index in [2.05, 4.69) is 5.18 Å². The number of hydrogen-bond donors (Lipinski definition) is 0. The molecule has 0 saturated carbocycles. The molecule has 0 aliphatic rings. The number of ether oxygens (including phenoxy) is 1. The number of hydrogen-bond acceptors (Lipinski definition) is 5. The maximum absolute atomic E-state index is 12.6. The number of rotatable bonds is 4. The van der Waals surface area contributed by atoms with Gasteiger partial charge in [0, 0.05) is 17.0 Å². The van der Waals surface area contributed by atoms with Gasteiger partial charge in [-0.05, 0) is 29.3 Å². The number of benzene rings is 1. The molecule has 0 bridgehead atoms. The van der Waals surface area contributed by atoms with Crippen molar-refractivity contribution in [1.82, 2.24) is 4.57 Å². The lowest BCUT2D eigenvalue weighted by molar-refractivity contribution is -0.146. The molecule has 0 aliphatic carbocycles. The van der Waals surface area contributed by atoms with Crippen LogP contribution in [0.25, 0.3) is 10.8 Å². The molecule has 21 heavy (non-hydrogen) atoms. The second kappa shape index (κ2) is 5.87. The van der Waals surface area contributed by atoms with Crippen LogP contribution in [-0.2, 0) is 9.53 Å². The molecule has 0 amide bonds. The zero-order valence-electron chi connectivity index (χ0n) is 12.1. The highest BCUT2D eigenvalue weighted by Crippen LogP contribution is 2.25. The Balaban J connectivity index is 2.72. The molecule has 2 aromatic rings. The molecule has 0 unspecified atom stereocenters. The monoisotopic (exact) mass is 288 g/mol. The largest absolute Gasteiger partial charge is 0.467 e. The van der Waals surface area contributed by atoms with E-state index in [4.69, 9.17) is 4.74 Å². The van der Waals surface area contributed by atoms with Crippen LogP contribution in [0.15, 0.2) is 40.4 Å². The lowest BCUT2D eigenvalue weighted by atomic mass is 10.0. The summed E-state index contributed by atoms with van der Waals surface area (Å²) in [6.07, 6.45) is 1.50. The van der Waals surface area contributed by atoms with Gasteiger partial charge in [-0.2, -0.15) is 0 Å². The number of nitroso groups, excluding NO2 is 1. The zero-order chi connectivity index (χ0) is 15.6. The molecule has 0 fully saturated rings. The molecule has 1 aromatic carbocycles. The van der Waals surface area contributed by atoms with Crippen LogP contribution in [0, 0.1) is 10.8 Å². The summed E-state index contributed by atoms with van der Waals surface area (Å²) in [4.78, 5) is 35.3. The van der Waals surface area contributed by atoms with Crippen molar-refractivity contribution in [2.45, 2.75) is 19.9 Å². The van der Waals surface area contributed by atoms with Crippen LogP contribution >= 0.6 is 0 Å². The van der Waals surface area contributed by atoms with E-state index in [9.17, 15) is 14.5 Å². The number of pyridine rings is 1. The topological polar surface area (TPSA) is 77.7 Å². The van der Waals surface area contributed by atoms with E-state index in [1.165, 1.54) is 17.9 Å². The molecule has 1 heterocycles. The summed E-state index contributed by atoms with van der Waals surface area (Å²) < 4.78 is 6.11. The Kier molecular flexibility index (Phi) is 4.16. The normalized spacial score (nSPS) is 12.4. The fraction of sp³-hybridized carbons (Fsp3) is 0.333. The molecule has 0 radical (unpaired) electrons. The van der Waals surface area contributed by atoms with Crippen LogP contribution < -0.4 is 5.56 Å². The van der Waals surface area contributed by atoms with Gasteiger partial charge in [-0.15, -0.1) is 4.91 Å². The second-order valence-corrected chi connectivity index (χ2v) is 5.07. The van der Waals surface area contributed by atoms with Crippen molar-refractivity contribution in [2.75, 3.05) is 7.11 Å². The first-order valence-corrected chi connectivity index (χ1v) is 6.56. The van der Waals surface area contributed by atoms with E-state index in [0.29, 0.717) is 10.8 Å². The SMILES string of the molecule is COC(=O)[C@@H](C(C)C)n1ccc2c(N=O)cccc2c1=O. The minimum absolute atomic E-state index is 0.111. The summed E-state index contributed by atoms with van der Waals surface area (Å²) in [7, 11) is 1.29. The third kappa shape index (κ3) is 2.56. The zero-order valence-corrected chi connectivity index (χ0v) is 12.1. The smallest absolute Gasteiger partial charge is 0.329 e. The number of nitrogens with zero attached hydrogens (tertiary/aromatic N) is 2. The summed E-state index contributed by atoms with van der Waals surface area (Å²) in [5, 5.41) is 3.74. The van der Waals surface area contributed by atoms with Gasteiger partial charge in [-0.1, -0.05) is 19.9 Å². The third-order valence-corrected chi connectivity index (χ3v) is 3.42. The molecular formula is C15H16N2O4. The Hall–Kier alpha value is -2.50. The number of carbonyl (C=O) groups excluding carboxylic acids is 1. The Morgan fingerprint density at radius 1 is 1.24 bits per heavy atom.